The third-order valence-corrected chi connectivity index (χ3v) is 5.42. The van der Waals surface area contributed by atoms with Gasteiger partial charge in [-0.1, -0.05) is 19.4 Å². The normalized spacial score (nSPS) is 26.9. The van der Waals surface area contributed by atoms with Crippen LogP contribution in [0.4, 0.5) is 10.5 Å². The van der Waals surface area contributed by atoms with E-state index >= 15 is 0 Å². The van der Waals surface area contributed by atoms with Gasteiger partial charge in [-0.05, 0) is 75.8 Å². The molecule has 2 amide bonds. The molecule has 132 valence electrons. The lowest BCUT2D eigenvalue weighted by Gasteiger charge is -2.49. The molecule has 2 saturated heterocycles. The highest BCUT2D eigenvalue weighted by atomic mass is 16.2. The van der Waals surface area contributed by atoms with Gasteiger partial charge in [0, 0.05) is 23.8 Å². The number of fused-ring (bicyclic) bond motifs is 2. The minimum absolute atomic E-state index is 0.0629. The van der Waals surface area contributed by atoms with Crippen LogP contribution in [0.5, 0.6) is 0 Å². The zero-order valence-corrected chi connectivity index (χ0v) is 15.3. The number of hydrogen-bond acceptors (Lipinski definition) is 2. The highest BCUT2D eigenvalue weighted by Crippen LogP contribution is 2.34. The molecule has 4 nitrogen and oxygen atoms in total. The highest BCUT2D eigenvalue weighted by molar-refractivity contribution is 5.89. The zero-order valence-electron chi connectivity index (χ0n) is 15.3. The first-order valence-corrected chi connectivity index (χ1v) is 9.46. The SMILES string of the molecule is CCCN1C2CCCC1CC(NC(=O)Nc1cc(C)cc(C)c1)C2. The number of carbonyl (C=O) groups excluding carboxylic acids is 1. The smallest absolute Gasteiger partial charge is 0.319 e. The Morgan fingerprint density at radius 2 is 1.75 bits per heavy atom. The Morgan fingerprint density at radius 3 is 2.33 bits per heavy atom. The van der Waals surface area contributed by atoms with E-state index in [9.17, 15) is 4.79 Å². The van der Waals surface area contributed by atoms with Crippen LogP contribution in [0, 0.1) is 13.8 Å². The second kappa shape index (κ2) is 7.56. The average molecular weight is 329 g/mol. The van der Waals surface area contributed by atoms with E-state index in [1.165, 1.54) is 43.4 Å². The molecule has 4 heteroatoms. The molecule has 2 aliphatic rings. The van der Waals surface area contributed by atoms with Crippen LogP contribution >= 0.6 is 0 Å². The van der Waals surface area contributed by atoms with E-state index in [1.807, 2.05) is 12.1 Å². The van der Waals surface area contributed by atoms with Crippen molar-refractivity contribution in [1.29, 1.82) is 0 Å². The van der Waals surface area contributed by atoms with Gasteiger partial charge in [0.05, 0.1) is 0 Å². The lowest BCUT2D eigenvalue weighted by atomic mass is 9.81. The van der Waals surface area contributed by atoms with Gasteiger partial charge >= 0.3 is 6.03 Å². The summed E-state index contributed by atoms with van der Waals surface area (Å²) in [6.45, 7) is 7.58. The summed E-state index contributed by atoms with van der Waals surface area (Å²) in [4.78, 5) is 15.1. The summed E-state index contributed by atoms with van der Waals surface area (Å²) < 4.78 is 0. The zero-order chi connectivity index (χ0) is 17.1. The molecule has 2 unspecified atom stereocenters. The summed E-state index contributed by atoms with van der Waals surface area (Å²) in [5, 5.41) is 6.23. The molecule has 1 aromatic rings. The van der Waals surface area contributed by atoms with Gasteiger partial charge in [0.2, 0.25) is 0 Å². The van der Waals surface area contributed by atoms with Crippen LogP contribution in [0.3, 0.4) is 0 Å². The predicted octanol–water partition coefficient (Wildman–Crippen LogP) is 4.22. The van der Waals surface area contributed by atoms with Crippen molar-refractivity contribution in [1.82, 2.24) is 10.2 Å². The Labute approximate surface area is 146 Å². The molecule has 0 aromatic heterocycles. The van der Waals surface area contributed by atoms with Crippen LogP contribution in [0.1, 0.15) is 56.6 Å². The Bertz CT molecular complexity index is 552. The van der Waals surface area contributed by atoms with Crippen LogP contribution in [-0.4, -0.2) is 35.6 Å². The number of benzene rings is 1. The fraction of sp³-hybridized carbons (Fsp3) is 0.650. The number of aryl methyl sites for hydroxylation is 2. The molecule has 2 fully saturated rings. The standard InChI is InChI=1S/C20H31N3O/c1-4-8-23-18-6-5-7-19(23)13-17(12-18)22-20(24)21-16-10-14(2)9-15(3)11-16/h9-11,17-19H,4-8,12-13H2,1-3H3,(H2,21,22,24). The van der Waals surface area contributed by atoms with Gasteiger partial charge in [-0.25, -0.2) is 4.79 Å². The molecule has 24 heavy (non-hydrogen) atoms. The third-order valence-electron chi connectivity index (χ3n) is 5.42. The van der Waals surface area contributed by atoms with Crippen LogP contribution < -0.4 is 10.6 Å². The topological polar surface area (TPSA) is 44.4 Å². The van der Waals surface area contributed by atoms with Crippen LogP contribution in [-0.2, 0) is 0 Å². The third kappa shape index (κ3) is 4.10. The van der Waals surface area contributed by atoms with Gasteiger partial charge in [-0.15, -0.1) is 0 Å². The number of carbonyl (C=O) groups is 1. The minimum atomic E-state index is -0.0629. The molecule has 2 atom stereocenters. The molecule has 0 spiro atoms. The predicted molar refractivity (Wildman–Crippen MR) is 99.5 cm³/mol. The summed E-state index contributed by atoms with van der Waals surface area (Å²) >= 11 is 0. The van der Waals surface area contributed by atoms with Gasteiger partial charge in [-0.2, -0.15) is 0 Å². The summed E-state index contributed by atoms with van der Waals surface area (Å²) in [6, 6.07) is 7.71. The van der Waals surface area contributed by atoms with E-state index in [4.69, 9.17) is 0 Å². The number of nitrogens with one attached hydrogen (secondary N) is 2. The van der Waals surface area contributed by atoms with Crippen molar-refractivity contribution in [3.63, 3.8) is 0 Å². The molecule has 1 aromatic carbocycles. The number of anilines is 1. The maximum Gasteiger partial charge on any atom is 0.319 e. The van der Waals surface area contributed by atoms with Gasteiger partial charge in [-0.3, -0.25) is 4.90 Å². The van der Waals surface area contributed by atoms with Crippen molar-refractivity contribution in [3.8, 4) is 0 Å². The number of piperidine rings is 2. The first kappa shape index (κ1) is 17.3. The van der Waals surface area contributed by atoms with Crippen molar-refractivity contribution in [2.45, 2.75) is 77.4 Å². The second-order valence-electron chi connectivity index (χ2n) is 7.62. The molecule has 3 rings (SSSR count). The van der Waals surface area contributed by atoms with Gasteiger partial charge in [0.25, 0.3) is 0 Å². The van der Waals surface area contributed by atoms with Crippen molar-refractivity contribution in [2.75, 3.05) is 11.9 Å². The average Bonchev–Trinajstić information content (AvgIpc) is 2.47. The van der Waals surface area contributed by atoms with Crippen LogP contribution in [0.25, 0.3) is 0 Å². The van der Waals surface area contributed by atoms with Gasteiger partial charge in [0.1, 0.15) is 0 Å². The highest BCUT2D eigenvalue weighted by Gasteiger charge is 2.38. The number of urea groups is 1. The molecular formula is C20H31N3O. The Morgan fingerprint density at radius 1 is 1.12 bits per heavy atom. The molecule has 0 radical (unpaired) electrons. The van der Waals surface area contributed by atoms with Crippen molar-refractivity contribution >= 4 is 11.7 Å². The van der Waals surface area contributed by atoms with E-state index in [-0.39, 0.29) is 6.03 Å². The van der Waals surface area contributed by atoms with E-state index < -0.39 is 0 Å². The number of hydrogen-bond donors (Lipinski definition) is 2. The molecule has 0 saturated carbocycles. The van der Waals surface area contributed by atoms with Crippen molar-refractivity contribution in [2.24, 2.45) is 0 Å². The number of amides is 2. The van der Waals surface area contributed by atoms with E-state index in [0.717, 1.165) is 18.5 Å². The fourth-order valence-electron chi connectivity index (χ4n) is 4.62. The molecule has 0 aliphatic carbocycles. The summed E-state index contributed by atoms with van der Waals surface area (Å²) in [6.07, 6.45) is 7.32. The van der Waals surface area contributed by atoms with Gasteiger partial charge in [0.15, 0.2) is 0 Å². The summed E-state index contributed by atoms with van der Waals surface area (Å²) in [5.74, 6) is 0. The molecular weight excluding hydrogens is 298 g/mol. The Balaban J connectivity index is 1.57. The second-order valence-corrected chi connectivity index (χ2v) is 7.62. The summed E-state index contributed by atoms with van der Waals surface area (Å²) in [5.41, 5.74) is 3.23. The first-order valence-electron chi connectivity index (χ1n) is 9.46. The van der Waals surface area contributed by atoms with Crippen LogP contribution in [0.15, 0.2) is 18.2 Å². The largest absolute Gasteiger partial charge is 0.335 e. The molecule has 2 heterocycles. The van der Waals surface area contributed by atoms with Crippen LogP contribution in [0.2, 0.25) is 0 Å². The molecule has 2 bridgehead atoms. The lowest BCUT2D eigenvalue weighted by Crippen LogP contribution is -2.57. The number of rotatable bonds is 4. The van der Waals surface area contributed by atoms with Gasteiger partial charge < -0.3 is 10.6 Å². The molecule has 2 aliphatic heterocycles. The van der Waals surface area contributed by atoms with E-state index in [0.29, 0.717) is 18.1 Å². The monoisotopic (exact) mass is 329 g/mol. The fourth-order valence-corrected chi connectivity index (χ4v) is 4.62. The Kier molecular flexibility index (Phi) is 5.44. The summed E-state index contributed by atoms with van der Waals surface area (Å²) in [7, 11) is 0. The lowest BCUT2D eigenvalue weighted by molar-refractivity contribution is 0.0272. The number of nitrogens with zero attached hydrogens (tertiary/aromatic N) is 1. The molecule has 2 N–H and O–H groups in total. The maximum absolute atomic E-state index is 12.4. The van der Waals surface area contributed by atoms with Crippen molar-refractivity contribution < 1.29 is 4.79 Å². The van der Waals surface area contributed by atoms with E-state index in [2.05, 4.69) is 42.4 Å². The first-order chi connectivity index (χ1) is 11.5. The Hall–Kier alpha value is -1.55. The maximum atomic E-state index is 12.4. The van der Waals surface area contributed by atoms with Crippen molar-refractivity contribution in [3.05, 3.63) is 29.3 Å². The minimum Gasteiger partial charge on any atom is -0.335 e. The van der Waals surface area contributed by atoms with E-state index in [1.54, 1.807) is 0 Å². The quantitative estimate of drug-likeness (QED) is 0.868.